The SMILES string of the molecule is C=CCCCCCCCOC(CO)COC(c1ccccc1)(c1ccccc1)c1ccccc1. The van der Waals surface area contributed by atoms with E-state index >= 15 is 0 Å². The van der Waals surface area contributed by atoms with Crippen molar-refractivity contribution >= 4 is 0 Å². The van der Waals surface area contributed by atoms with Gasteiger partial charge in [0.15, 0.2) is 0 Å². The second kappa shape index (κ2) is 14.5. The Hall–Kier alpha value is -2.72. The Morgan fingerprint density at radius 2 is 1.18 bits per heavy atom. The summed E-state index contributed by atoms with van der Waals surface area (Å²) in [6, 6.07) is 30.9. The highest BCUT2D eigenvalue weighted by Gasteiger charge is 2.38. The van der Waals surface area contributed by atoms with Crippen molar-refractivity contribution < 1.29 is 14.6 Å². The van der Waals surface area contributed by atoms with Crippen molar-refractivity contribution in [3.63, 3.8) is 0 Å². The highest BCUT2D eigenvalue weighted by atomic mass is 16.5. The van der Waals surface area contributed by atoms with E-state index in [0.717, 1.165) is 36.0 Å². The van der Waals surface area contributed by atoms with Crippen molar-refractivity contribution in [2.45, 2.75) is 50.2 Å². The summed E-state index contributed by atoms with van der Waals surface area (Å²) in [5, 5.41) is 10.0. The molecule has 180 valence electrons. The maximum atomic E-state index is 10.0. The second-order valence-corrected chi connectivity index (χ2v) is 8.61. The van der Waals surface area contributed by atoms with Gasteiger partial charge in [-0.15, -0.1) is 6.58 Å². The first kappa shape index (κ1) is 25.9. The minimum Gasteiger partial charge on any atom is -0.394 e. The molecule has 0 aliphatic carbocycles. The lowest BCUT2D eigenvalue weighted by molar-refractivity contribution is -0.0813. The van der Waals surface area contributed by atoms with Crippen LogP contribution in [0.1, 0.15) is 55.2 Å². The molecule has 0 aliphatic rings. The zero-order valence-electron chi connectivity index (χ0n) is 20.1. The summed E-state index contributed by atoms with van der Waals surface area (Å²) in [7, 11) is 0. The van der Waals surface area contributed by atoms with E-state index < -0.39 is 5.60 Å². The van der Waals surface area contributed by atoms with Crippen molar-refractivity contribution in [2.75, 3.05) is 19.8 Å². The monoisotopic (exact) mass is 458 g/mol. The van der Waals surface area contributed by atoms with E-state index in [1.54, 1.807) is 0 Å². The van der Waals surface area contributed by atoms with Crippen LogP contribution >= 0.6 is 0 Å². The summed E-state index contributed by atoms with van der Waals surface area (Å²) in [6.07, 6.45) is 8.46. The average molecular weight is 459 g/mol. The molecule has 0 saturated heterocycles. The number of ether oxygens (including phenoxy) is 2. The van der Waals surface area contributed by atoms with Crippen LogP contribution < -0.4 is 0 Å². The smallest absolute Gasteiger partial charge is 0.143 e. The van der Waals surface area contributed by atoms with E-state index in [0.29, 0.717) is 6.61 Å². The van der Waals surface area contributed by atoms with Gasteiger partial charge < -0.3 is 14.6 Å². The molecule has 1 unspecified atom stereocenters. The Morgan fingerprint density at radius 3 is 1.65 bits per heavy atom. The molecule has 3 heteroatoms. The van der Waals surface area contributed by atoms with Crippen molar-refractivity contribution in [2.24, 2.45) is 0 Å². The predicted octanol–water partition coefficient (Wildman–Crippen LogP) is 6.90. The van der Waals surface area contributed by atoms with Gasteiger partial charge in [-0.2, -0.15) is 0 Å². The van der Waals surface area contributed by atoms with Gasteiger partial charge in [-0.1, -0.05) is 116 Å². The van der Waals surface area contributed by atoms with Gasteiger partial charge in [0.2, 0.25) is 0 Å². The van der Waals surface area contributed by atoms with Crippen LogP contribution in [0.3, 0.4) is 0 Å². The van der Waals surface area contributed by atoms with Crippen molar-refractivity contribution in [3.8, 4) is 0 Å². The van der Waals surface area contributed by atoms with E-state index in [9.17, 15) is 5.11 Å². The number of allylic oxidation sites excluding steroid dienone is 1. The number of hydrogen-bond acceptors (Lipinski definition) is 3. The Morgan fingerprint density at radius 1 is 0.706 bits per heavy atom. The van der Waals surface area contributed by atoms with E-state index in [1.807, 2.05) is 60.7 Å². The molecule has 0 bridgehead atoms. The van der Waals surface area contributed by atoms with Gasteiger partial charge in [0.25, 0.3) is 0 Å². The van der Waals surface area contributed by atoms with Crippen LogP contribution in [0.5, 0.6) is 0 Å². The lowest BCUT2D eigenvalue weighted by Gasteiger charge is -2.37. The van der Waals surface area contributed by atoms with Crippen molar-refractivity contribution in [1.82, 2.24) is 0 Å². The van der Waals surface area contributed by atoms with Crippen molar-refractivity contribution in [1.29, 1.82) is 0 Å². The van der Waals surface area contributed by atoms with Crippen LogP contribution in [0, 0.1) is 0 Å². The zero-order chi connectivity index (χ0) is 23.9. The van der Waals surface area contributed by atoms with E-state index in [2.05, 4.69) is 43.0 Å². The standard InChI is InChI=1S/C31H38O3/c1-2-3-4-5-6-7-17-24-33-30(25-32)26-34-31(27-18-11-8-12-19-27,28-20-13-9-14-21-28)29-22-15-10-16-23-29/h2,8-16,18-23,30,32H,1,3-7,17,24-26H2. The molecule has 0 fully saturated rings. The third kappa shape index (κ3) is 7.14. The fourth-order valence-electron chi connectivity index (χ4n) is 4.31. The van der Waals surface area contributed by atoms with Gasteiger partial charge in [0.05, 0.1) is 13.2 Å². The predicted molar refractivity (Wildman–Crippen MR) is 140 cm³/mol. The minimum atomic E-state index is -0.800. The molecule has 3 rings (SSSR count). The fraction of sp³-hybridized carbons (Fsp3) is 0.355. The molecular formula is C31H38O3. The quantitative estimate of drug-likeness (QED) is 0.144. The van der Waals surface area contributed by atoms with Crippen LogP contribution in [-0.4, -0.2) is 31.0 Å². The van der Waals surface area contributed by atoms with Crippen LogP contribution in [0.2, 0.25) is 0 Å². The van der Waals surface area contributed by atoms with Gasteiger partial charge in [0, 0.05) is 6.61 Å². The maximum Gasteiger partial charge on any atom is 0.143 e. The van der Waals surface area contributed by atoms with Gasteiger partial charge in [-0.3, -0.25) is 0 Å². The highest BCUT2D eigenvalue weighted by Crippen LogP contribution is 2.40. The van der Waals surface area contributed by atoms with Crippen LogP contribution in [0.4, 0.5) is 0 Å². The third-order valence-electron chi connectivity index (χ3n) is 6.14. The number of unbranched alkanes of at least 4 members (excludes halogenated alkanes) is 5. The minimum absolute atomic E-state index is 0.0756. The molecule has 34 heavy (non-hydrogen) atoms. The topological polar surface area (TPSA) is 38.7 Å². The van der Waals surface area contributed by atoms with Crippen LogP contribution in [0.25, 0.3) is 0 Å². The first-order valence-corrected chi connectivity index (χ1v) is 12.4. The summed E-state index contributed by atoms with van der Waals surface area (Å²) in [5.74, 6) is 0. The second-order valence-electron chi connectivity index (χ2n) is 8.61. The van der Waals surface area contributed by atoms with Gasteiger partial charge in [-0.05, 0) is 36.0 Å². The maximum absolute atomic E-state index is 10.0. The molecule has 0 saturated carbocycles. The van der Waals surface area contributed by atoms with Crippen LogP contribution in [0.15, 0.2) is 104 Å². The number of aliphatic hydroxyl groups is 1. The lowest BCUT2D eigenvalue weighted by Crippen LogP contribution is -2.37. The molecule has 0 spiro atoms. The van der Waals surface area contributed by atoms with Crippen molar-refractivity contribution in [3.05, 3.63) is 120 Å². The molecule has 3 aromatic rings. The Bertz CT molecular complexity index is 828. The Labute approximate surface area is 205 Å². The number of hydrogen-bond donors (Lipinski definition) is 1. The molecule has 0 heterocycles. The van der Waals surface area contributed by atoms with Gasteiger partial charge in [0.1, 0.15) is 11.7 Å². The molecule has 0 aromatic heterocycles. The van der Waals surface area contributed by atoms with Gasteiger partial charge in [-0.25, -0.2) is 0 Å². The van der Waals surface area contributed by atoms with Gasteiger partial charge >= 0.3 is 0 Å². The fourth-order valence-corrected chi connectivity index (χ4v) is 4.31. The molecule has 0 aliphatic heterocycles. The highest BCUT2D eigenvalue weighted by molar-refractivity contribution is 5.47. The molecular weight excluding hydrogens is 420 g/mol. The number of aliphatic hydroxyl groups excluding tert-OH is 1. The molecule has 0 radical (unpaired) electrons. The first-order valence-electron chi connectivity index (χ1n) is 12.4. The zero-order valence-corrected chi connectivity index (χ0v) is 20.1. The molecule has 1 atom stereocenters. The normalized spacial score (nSPS) is 12.4. The van der Waals surface area contributed by atoms with E-state index in [-0.39, 0.29) is 19.3 Å². The number of benzene rings is 3. The number of rotatable bonds is 16. The largest absolute Gasteiger partial charge is 0.394 e. The Balaban J connectivity index is 1.74. The van der Waals surface area contributed by atoms with E-state index in [1.165, 1.54) is 19.3 Å². The summed E-state index contributed by atoms with van der Waals surface area (Å²) < 4.78 is 12.8. The molecule has 3 aromatic carbocycles. The first-order chi connectivity index (χ1) is 16.8. The van der Waals surface area contributed by atoms with Crippen LogP contribution in [-0.2, 0) is 15.1 Å². The lowest BCUT2D eigenvalue weighted by atomic mass is 9.80. The summed E-state index contributed by atoms with van der Waals surface area (Å²) >= 11 is 0. The molecule has 3 nitrogen and oxygen atoms in total. The summed E-state index contributed by atoms with van der Waals surface area (Å²) in [4.78, 5) is 0. The summed E-state index contributed by atoms with van der Waals surface area (Å²) in [6.45, 7) is 4.61. The molecule has 0 amide bonds. The van der Waals surface area contributed by atoms with E-state index in [4.69, 9.17) is 9.47 Å². The molecule has 1 N–H and O–H groups in total. The third-order valence-corrected chi connectivity index (χ3v) is 6.14. The summed E-state index contributed by atoms with van der Waals surface area (Å²) in [5.41, 5.74) is 2.34. The average Bonchev–Trinajstić information content (AvgIpc) is 2.91. The Kier molecular flexibility index (Phi) is 11.1.